The molecule has 206 valence electrons. The number of rotatable bonds is 4. The van der Waals surface area contributed by atoms with Crippen molar-refractivity contribution in [2.45, 2.75) is 46.6 Å². The Morgan fingerprint density at radius 2 is 1.87 bits per heavy atom. The van der Waals surface area contributed by atoms with Crippen LogP contribution in [0.1, 0.15) is 45.9 Å². The number of hydrogen-bond acceptors (Lipinski definition) is 8. The van der Waals surface area contributed by atoms with Crippen LogP contribution in [0.3, 0.4) is 0 Å². The van der Waals surface area contributed by atoms with Crippen molar-refractivity contribution in [2.75, 3.05) is 42.9 Å². The molecule has 1 saturated heterocycles. The molecule has 39 heavy (non-hydrogen) atoms. The number of piperazine rings is 1. The van der Waals surface area contributed by atoms with E-state index in [-0.39, 0.29) is 17.9 Å². The lowest BCUT2D eigenvalue weighted by Crippen LogP contribution is -2.50. The number of anilines is 3. The molecule has 0 radical (unpaired) electrons. The molecule has 10 nitrogen and oxygen atoms in total. The van der Waals surface area contributed by atoms with Gasteiger partial charge in [0.2, 0.25) is 5.95 Å². The molecule has 0 aromatic carbocycles. The molecule has 5 rings (SSSR count). The topological polar surface area (TPSA) is 113 Å². The molecule has 10 heteroatoms. The van der Waals surface area contributed by atoms with Gasteiger partial charge in [-0.05, 0) is 51.0 Å². The maximum Gasteiger partial charge on any atom is 0.410 e. The summed E-state index contributed by atoms with van der Waals surface area (Å²) >= 11 is 0. The maximum atomic E-state index is 12.6. The summed E-state index contributed by atoms with van der Waals surface area (Å²) < 4.78 is 5.49. The van der Waals surface area contributed by atoms with Gasteiger partial charge in [-0.1, -0.05) is 19.4 Å². The van der Waals surface area contributed by atoms with Gasteiger partial charge in [0.1, 0.15) is 11.4 Å². The van der Waals surface area contributed by atoms with E-state index in [1.54, 1.807) is 11.1 Å². The van der Waals surface area contributed by atoms with Gasteiger partial charge in [-0.25, -0.2) is 19.7 Å². The van der Waals surface area contributed by atoms with E-state index in [9.17, 15) is 9.59 Å². The standard InChI is InChI=1S/C29H37N7O3/c1-18(2)23-17-31-26(37)20-12-19(23)14-24-21(13-20)15-32-27(33-24)34-25-7-6-22(16-30-25)35-8-10-36(11-9-35)28(38)39-29(3,4)5/h6-7,12-13,15-16,18,23H,8-11,14,17H2,1-5H3,(H,31,37)(H,30,32,33,34). The summed E-state index contributed by atoms with van der Waals surface area (Å²) in [5.41, 5.74) is 4.12. The zero-order valence-corrected chi connectivity index (χ0v) is 23.3. The van der Waals surface area contributed by atoms with E-state index >= 15 is 0 Å². The SMILES string of the molecule is CC(C)C1CNC(=O)C2=Cc3cnc(Nc4ccc(N5CCN(C(=O)OC(C)(C)C)CC5)cn4)nc3CC1=C2. The normalized spacial score (nSPS) is 19.3. The van der Waals surface area contributed by atoms with Gasteiger partial charge in [0.05, 0.1) is 17.6 Å². The van der Waals surface area contributed by atoms with Gasteiger partial charge in [0, 0.05) is 62.4 Å². The first kappa shape index (κ1) is 26.6. The largest absolute Gasteiger partial charge is 0.444 e. The molecule has 2 bridgehead atoms. The summed E-state index contributed by atoms with van der Waals surface area (Å²) in [6.07, 6.45) is 7.89. The number of carbonyl (C=O) groups excluding carboxylic acids is 2. The van der Waals surface area contributed by atoms with Crippen LogP contribution in [0.25, 0.3) is 6.08 Å². The van der Waals surface area contributed by atoms with Crippen molar-refractivity contribution < 1.29 is 14.3 Å². The fraction of sp³-hybridized carbons (Fsp3) is 0.483. The van der Waals surface area contributed by atoms with Crippen LogP contribution in [0.2, 0.25) is 0 Å². The first-order valence-electron chi connectivity index (χ1n) is 13.6. The number of nitrogens with zero attached hydrogens (tertiary/aromatic N) is 5. The number of carbonyl (C=O) groups is 2. The van der Waals surface area contributed by atoms with E-state index in [0.29, 0.717) is 62.4 Å². The number of amides is 2. The first-order chi connectivity index (χ1) is 18.6. The van der Waals surface area contributed by atoms with Crippen molar-refractivity contribution in [1.29, 1.82) is 0 Å². The Balaban J connectivity index is 1.24. The van der Waals surface area contributed by atoms with Crippen LogP contribution in [-0.4, -0.2) is 70.2 Å². The number of fused-ring (bicyclic) bond motifs is 2. The summed E-state index contributed by atoms with van der Waals surface area (Å²) in [7, 11) is 0. The van der Waals surface area contributed by atoms with E-state index in [2.05, 4.69) is 39.3 Å². The minimum atomic E-state index is -0.498. The Kier molecular flexibility index (Phi) is 7.29. The second-order valence-corrected chi connectivity index (χ2v) is 11.6. The van der Waals surface area contributed by atoms with Crippen LogP contribution < -0.4 is 15.5 Å². The second-order valence-electron chi connectivity index (χ2n) is 11.6. The van der Waals surface area contributed by atoms with Crippen molar-refractivity contribution in [3.63, 3.8) is 0 Å². The van der Waals surface area contributed by atoms with E-state index in [1.807, 2.05) is 51.3 Å². The minimum Gasteiger partial charge on any atom is -0.444 e. The molecule has 2 aromatic rings. The predicted molar refractivity (Wildman–Crippen MR) is 151 cm³/mol. The summed E-state index contributed by atoms with van der Waals surface area (Å²) in [5.74, 6) is 1.73. The van der Waals surface area contributed by atoms with Crippen molar-refractivity contribution in [1.82, 2.24) is 25.2 Å². The highest BCUT2D eigenvalue weighted by Gasteiger charge is 2.28. The molecule has 4 heterocycles. The Bertz CT molecular complexity index is 1300. The zero-order chi connectivity index (χ0) is 27.7. The molecular weight excluding hydrogens is 494 g/mol. The third-order valence-corrected chi connectivity index (χ3v) is 7.23. The smallest absolute Gasteiger partial charge is 0.410 e. The van der Waals surface area contributed by atoms with E-state index < -0.39 is 5.60 Å². The molecule has 1 aliphatic carbocycles. The van der Waals surface area contributed by atoms with Gasteiger partial charge in [-0.2, -0.15) is 0 Å². The molecule has 2 amide bonds. The monoisotopic (exact) mass is 531 g/mol. The van der Waals surface area contributed by atoms with Crippen LogP contribution in [0.5, 0.6) is 0 Å². The molecule has 2 aliphatic heterocycles. The fourth-order valence-electron chi connectivity index (χ4n) is 5.11. The van der Waals surface area contributed by atoms with Crippen LogP contribution in [0, 0.1) is 11.8 Å². The quantitative estimate of drug-likeness (QED) is 0.610. The Morgan fingerprint density at radius 1 is 1.10 bits per heavy atom. The number of pyridine rings is 1. The van der Waals surface area contributed by atoms with Gasteiger partial charge in [-0.3, -0.25) is 4.79 Å². The molecule has 1 fully saturated rings. The highest BCUT2D eigenvalue weighted by Crippen LogP contribution is 2.31. The van der Waals surface area contributed by atoms with Crippen molar-refractivity contribution in [3.8, 4) is 0 Å². The first-order valence-corrected chi connectivity index (χ1v) is 13.6. The zero-order valence-electron chi connectivity index (χ0n) is 23.3. The van der Waals surface area contributed by atoms with Gasteiger partial charge < -0.3 is 25.2 Å². The predicted octanol–water partition coefficient (Wildman–Crippen LogP) is 3.94. The molecule has 2 aromatic heterocycles. The van der Waals surface area contributed by atoms with Crippen LogP contribution >= 0.6 is 0 Å². The van der Waals surface area contributed by atoms with Gasteiger partial charge >= 0.3 is 6.09 Å². The highest BCUT2D eigenvalue weighted by molar-refractivity contribution is 6.01. The Morgan fingerprint density at radius 3 is 2.54 bits per heavy atom. The second kappa shape index (κ2) is 10.7. The lowest BCUT2D eigenvalue weighted by molar-refractivity contribution is -0.117. The van der Waals surface area contributed by atoms with E-state index in [1.165, 1.54) is 5.57 Å². The molecule has 2 N–H and O–H groups in total. The van der Waals surface area contributed by atoms with Crippen molar-refractivity contribution in [3.05, 3.63) is 53.0 Å². The minimum absolute atomic E-state index is 0.0544. The summed E-state index contributed by atoms with van der Waals surface area (Å²) in [6.45, 7) is 13.3. The van der Waals surface area contributed by atoms with Gasteiger partial charge in [-0.15, -0.1) is 0 Å². The number of nitrogens with one attached hydrogen (secondary N) is 2. The Labute approximate surface area is 229 Å². The van der Waals surface area contributed by atoms with Gasteiger partial charge in [0.15, 0.2) is 0 Å². The lowest BCUT2D eigenvalue weighted by atomic mass is 9.85. The van der Waals surface area contributed by atoms with Crippen molar-refractivity contribution in [2.24, 2.45) is 11.8 Å². The van der Waals surface area contributed by atoms with Crippen LogP contribution in [0.4, 0.5) is 22.2 Å². The van der Waals surface area contributed by atoms with E-state index in [0.717, 1.165) is 16.9 Å². The third kappa shape index (κ3) is 6.21. The molecular formula is C29H37N7O3. The third-order valence-electron chi connectivity index (χ3n) is 7.23. The highest BCUT2D eigenvalue weighted by atomic mass is 16.6. The number of hydrogen-bond donors (Lipinski definition) is 2. The average molecular weight is 532 g/mol. The maximum absolute atomic E-state index is 12.6. The summed E-state index contributed by atoms with van der Waals surface area (Å²) in [5, 5.41) is 6.27. The molecule has 1 unspecified atom stereocenters. The average Bonchev–Trinajstić information content (AvgIpc) is 3.16. The molecule has 1 atom stereocenters. The van der Waals surface area contributed by atoms with E-state index in [4.69, 9.17) is 9.72 Å². The van der Waals surface area contributed by atoms with Crippen LogP contribution in [-0.2, 0) is 16.0 Å². The Hall–Kier alpha value is -3.95. The number of aromatic nitrogens is 3. The van der Waals surface area contributed by atoms with Crippen molar-refractivity contribution >= 4 is 35.5 Å². The van der Waals surface area contributed by atoms with Gasteiger partial charge in [0.25, 0.3) is 5.91 Å². The van der Waals surface area contributed by atoms with Crippen LogP contribution in [0.15, 0.2) is 41.7 Å². The summed E-state index contributed by atoms with van der Waals surface area (Å²) in [6, 6.07) is 3.92. The molecule has 0 saturated carbocycles. The fourth-order valence-corrected chi connectivity index (χ4v) is 5.11. The lowest BCUT2D eigenvalue weighted by Gasteiger charge is -2.36. The molecule has 3 aliphatic rings. The molecule has 0 spiro atoms. The number of ether oxygens (including phenoxy) is 1. The summed E-state index contributed by atoms with van der Waals surface area (Å²) in [4.78, 5) is 42.8.